The Hall–Kier alpha value is -1.09. The molecule has 16 heavy (non-hydrogen) atoms. The standard InChI is InChI=1S/C13H19FN2/c1-10(11-4-3-7-15-9-11)16-13-6-2-5-12(14)8-13/h2,5-6,8,10-11,15-16H,3-4,7,9H2,1H3. The van der Waals surface area contributed by atoms with Crippen molar-refractivity contribution in [2.24, 2.45) is 5.92 Å². The van der Waals surface area contributed by atoms with Gasteiger partial charge < -0.3 is 10.6 Å². The number of hydrogen-bond donors (Lipinski definition) is 2. The minimum absolute atomic E-state index is 0.182. The maximum atomic E-state index is 13.0. The average molecular weight is 222 g/mol. The van der Waals surface area contributed by atoms with E-state index in [4.69, 9.17) is 0 Å². The molecular formula is C13H19FN2. The molecule has 1 fully saturated rings. The summed E-state index contributed by atoms with van der Waals surface area (Å²) >= 11 is 0. The van der Waals surface area contributed by atoms with Gasteiger partial charge in [0.05, 0.1) is 0 Å². The first kappa shape index (κ1) is 11.4. The molecule has 1 aliphatic heterocycles. The van der Waals surface area contributed by atoms with Gasteiger partial charge in [0.1, 0.15) is 5.82 Å². The fourth-order valence-electron chi connectivity index (χ4n) is 2.26. The van der Waals surface area contributed by atoms with E-state index in [1.807, 2.05) is 6.07 Å². The van der Waals surface area contributed by atoms with E-state index in [0.717, 1.165) is 18.8 Å². The molecule has 2 rings (SSSR count). The highest BCUT2D eigenvalue weighted by Gasteiger charge is 2.19. The van der Waals surface area contributed by atoms with E-state index >= 15 is 0 Å². The second-order valence-corrected chi connectivity index (χ2v) is 4.55. The summed E-state index contributed by atoms with van der Waals surface area (Å²) in [6.45, 7) is 4.36. The molecule has 0 radical (unpaired) electrons. The van der Waals surface area contributed by atoms with Crippen molar-refractivity contribution in [3.8, 4) is 0 Å². The van der Waals surface area contributed by atoms with Crippen LogP contribution in [0.3, 0.4) is 0 Å². The van der Waals surface area contributed by atoms with Crippen molar-refractivity contribution in [1.82, 2.24) is 5.32 Å². The van der Waals surface area contributed by atoms with Gasteiger partial charge in [-0.1, -0.05) is 6.07 Å². The normalized spacial score (nSPS) is 22.8. The van der Waals surface area contributed by atoms with Crippen LogP contribution in [0.25, 0.3) is 0 Å². The quantitative estimate of drug-likeness (QED) is 0.821. The van der Waals surface area contributed by atoms with Gasteiger partial charge in [0.2, 0.25) is 0 Å². The highest BCUT2D eigenvalue weighted by Crippen LogP contribution is 2.19. The third-order valence-corrected chi connectivity index (χ3v) is 3.26. The molecule has 0 aromatic heterocycles. The largest absolute Gasteiger partial charge is 0.382 e. The summed E-state index contributed by atoms with van der Waals surface area (Å²) in [5.74, 6) is 0.455. The van der Waals surface area contributed by atoms with Crippen LogP contribution in [-0.2, 0) is 0 Å². The molecule has 2 unspecified atom stereocenters. The predicted octanol–water partition coefficient (Wildman–Crippen LogP) is 2.63. The lowest BCUT2D eigenvalue weighted by molar-refractivity contribution is 0.347. The molecule has 0 saturated carbocycles. The number of piperidine rings is 1. The Morgan fingerprint density at radius 1 is 1.50 bits per heavy atom. The van der Waals surface area contributed by atoms with Crippen LogP contribution < -0.4 is 10.6 Å². The number of benzene rings is 1. The first-order valence-corrected chi connectivity index (χ1v) is 5.98. The molecule has 0 aliphatic carbocycles. The molecule has 0 spiro atoms. The minimum Gasteiger partial charge on any atom is -0.382 e. The molecule has 2 N–H and O–H groups in total. The highest BCUT2D eigenvalue weighted by molar-refractivity contribution is 5.44. The molecule has 1 aliphatic rings. The lowest BCUT2D eigenvalue weighted by Crippen LogP contribution is -2.38. The maximum Gasteiger partial charge on any atom is 0.125 e. The van der Waals surface area contributed by atoms with Gasteiger partial charge in [-0.2, -0.15) is 0 Å². The van der Waals surface area contributed by atoms with Crippen molar-refractivity contribution < 1.29 is 4.39 Å². The number of anilines is 1. The van der Waals surface area contributed by atoms with Gasteiger partial charge in [-0.3, -0.25) is 0 Å². The van der Waals surface area contributed by atoms with Gasteiger partial charge >= 0.3 is 0 Å². The van der Waals surface area contributed by atoms with Crippen LogP contribution in [0.15, 0.2) is 24.3 Å². The zero-order chi connectivity index (χ0) is 11.4. The zero-order valence-corrected chi connectivity index (χ0v) is 9.67. The van der Waals surface area contributed by atoms with Crippen LogP contribution in [0.2, 0.25) is 0 Å². The van der Waals surface area contributed by atoms with Crippen LogP contribution in [0.1, 0.15) is 19.8 Å². The summed E-state index contributed by atoms with van der Waals surface area (Å²) < 4.78 is 13.0. The number of nitrogens with one attached hydrogen (secondary N) is 2. The SMILES string of the molecule is CC(Nc1cccc(F)c1)C1CCCNC1. The zero-order valence-electron chi connectivity index (χ0n) is 9.67. The molecule has 1 aromatic rings. The van der Waals surface area contributed by atoms with E-state index in [1.54, 1.807) is 12.1 Å². The molecule has 2 atom stereocenters. The number of hydrogen-bond acceptors (Lipinski definition) is 2. The predicted molar refractivity (Wildman–Crippen MR) is 65.1 cm³/mol. The molecule has 1 aromatic carbocycles. The Morgan fingerprint density at radius 2 is 2.38 bits per heavy atom. The van der Waals surface area contributed by atoms with Crippen LogP contribution in [0.5, 0.6) is 0 Å². The lowest BCUT2D eigenvalue weighted by Gasteiger charge is -2.29. The molecular weight excluding hydrogens is 203 g/mol. The van der Waals surface area contributed by atoms with E-state index in [2.05, 4.69) is 17.6 Å². The van der Waals surface area contributed by atoms with E-state index in [0.29, 0.717) is 12.0 Å². The van der Waals surface area contributed by atoms with Crippen LogP contribution in [0, 0.1) is 11.7 Å². The monoisotopic (exact) mass is 222 g/mol. The Morgan fingerprint density at radius 3 is 3.06 bits per heavy atom. The molecule has 3 heteroatoms. The Balaban J connectivity index is 1.93. The topological polar surface area (TPSA) is 24.1 Å². The molecule has 88 valence electrons. The summed E-state index contributed by atoms with van der Waals surface area (Å²) in [6, 6.07) is 7.05. The number of halogens is 1. The van der Waals surface area contributed by atoms with Gasteiger partial charge in [-0.15, -0.1) is 0 Å². The van der Waals surface area contributed by atoms with E-state index < -0.39 is 0 Å². The van der Waals surface area contributed by atoms with Crippen molar-refractivity contribution in [1.29, 1.82) is 0 Å². The molecule has 1 saturated heterocycles. The van der Waals surface area contributed by atoms with Crippen LogP contribution in [0.4, 0.5) is 10.1 Å². The first-order valence-electron chi connectivity index (χ1n) is 5.98. The molecule has 2 nitrogen and oxygen atoms in total. The van der Waals surface area contributed by atoms with Crippen LogP contribution in [-0.4, -0.2) is 19.1 Å². The Bertz CT molecular complexity index is 334. The molecule has 0 amide bonds. The first-order chi connectivity index (χ1) is 7.75. The van der Waals surface area contributed by atoms with Gasteiger partial charge in [0, 0.05) is 11.7 Å². The average Bonchev–Trinajstić information content (AvgIpc) is 2.30. The van der Waals surface area contributed by atoms with Crippen LogP contribution >= 0.6 is 0 Å². The summed E-state index contributed by atoms with van der Waals surface area (Å²) in [7, 11) is 0. The van der Waals surface area contributed by atoms with Gasteiger partial charge in [-0.25, -0.2) is 4.39 Å². The smallest absolute Gasteiger partial charge is 0.125 e. The third kappa shape index (κ3) is 2.95. The lowest BCUT2D eigenvalue weighted by atomic mass is 9.92. The Kier molecular flexibility index (Phi) is 3.78. The van der Waals surface area contributed by atoms with E-state index in [-0.39, 0.29) is 5.82 Å². The van der Waals surface area contributed by atoms with E-state index in [9.17, 15) is 4.39 Å². The summed E-state index contributed by atoms with van der Waals surface area (Å²) in [5.41, 5.74) is 0.873. The van der Waals surface area contributed by atoms with Crippen molar-refractivity contribution in [3.63, 3.8) is 0 Å². The highest BCUT2D eigenvalue weighted by atomic mass is 19.1. The van der Waals surface area contributed by atoms with Gasteiger partial charge in [0.15, 0.2) is 0 Å². The van der Waals surface area contributed by atoms with Gasteiger partial charge in [-0.05, 0) is 57.0 Å². The number of rotatable bonds is 3. The second-order valence-electron chi connectivity index (χ2n) is 4.55. The fourth-order valence-corrected chi connectivity index (χ4v) is 2.26. The van der Waals surface area contributed by atoms with Crippen molar-refractivity contribution >= 4 is 5.69 Å². The van der Waals surface area contributed by atoms with E-state index in [1.165, 1.54) is 18.9 Å². The molecule has 0 bridgehead atoms. The molecule has 1 heterocycles. The maximum absolute atomic E-state index is 13.0. The summed E-state index contributed by atoms with van der Waals surface area (Å²) in [5, 5.41) is 6.77. The van der Waals surface area contributed by atoms with Crippen molar-refractivity contribution in [3.05, 3.63) is 30.1 Å². The third-order valence-electron chi connectivity index (χ3n) is 3.26. The minimum atomic E-state index is -0.182. The Labute approximate surface area is 96.2 Å². The summed E-state index contributed by atoms with van der Waals surface area (Å²) in [4.78, 5) is 0. The summed E-state index contributed by atoms with van der Waals surface area (Å²) in [6.07, 6.45) is 2.48. The second kappa shape index (κ2) is 5.30. The van der Waals surface area contributed by atoms with Crippen molar-refractivity contribution in [2.75, 3.05) is 18.4 Å². The fraction of sp³-hybridized carbons (Fsp3) is 0.538. The van der Waals surface area contributed by atoms with Gasteiger partial charge in [0.25, 0.3) is 0 Å². The van der Waals surface area contributed by atoms with Crippen molar-refractivity contribution in [2.45, 2.75) is 25.8 Å².